The van der Waals surface area contributed by atoms with Gasteiger partial charge in [0, 0.05) is 25.2 Å². The second kappa shape index (κ2) is 6.97. The van der Waals surface area contributed by atoms with Crippen LogP contribution in [0.15, 0.2) is 0 Å². The van der Waals surface area contributed by atoms with E-state index in [2.05, 4.69) is 5.32 Å². The van der Waals surface area contributed by atoms with Gasteiger partial charge in [0.2, 0.25) is 0 Å². The number of nitrogens with one attached hydrogen (secondary N) is 1. The molecule has 2 N–H and O–H groups in total. The number of piperidine rings is 1. The molecule has 0 bridgehead atoms. The molecule has 1 aliphatic carbocycles. The highest BCUT2D eigenvalue weighted by Gasteiger charge is 2.37. The highest BCUT2D eigenvalue weighted by atomic mass is 16.6. The highest BCUT2D eigenvalue weighted by molar-refractivity contribution is 5.68. The van der Waals surface area contributed by atoms with E-state index in [1.807, 2.05) is 25.7 Å². The lowest BCUT2D eigenvalue weighted by atomic mass is 9.94. The van der Waals surface area contributed by atoms with Crippen molar-refractivity contribution in [3.63, 3.8) is 0 Å². The van der Waals surface area contributed by atoms with Crippen LogP contribution in [0.2, 0.25) is 0 Å². The maximum absolute atomic E-state index is 12.4. The first-order chi connectivity index (χ1) is 9.90. The fourth-order valence-corrected chi connectivity index (χ4v) is 3.00. The summed E-state index contributed by atoms with van der Waals surface area (Å²) in [5.74, 6) is 0. The van der Waals surface area contributed by atoms with E-state index in [1.165, 1.54) is 12.8 Å². The van der Waals surface area contributed by atoms with E-state index < -0.39 is 5.60 Å². The van der Waals surface area contributed by atoms with E-state index in [0.717, 1.165) is 25.8 Å². The number of carbonyl (C=O) groups excluding carboxylic acids is 1. The molecule has 5 nitrogen and oxygen atoms in total. The molecule has 2 atom stereocenters. The molecule has 0 aromatic rings. The normalized spacial score (nSPS) is 24.8. The van der Waals surface area contributed by atoms with Crippen LogP contribution in [-0.2, 0) is 4.74 Å². The number of carbonyl (C=O) groups is 1. The zero-order valence-corrected chi connectivity index (χ0v) is 13.6. The van der Waals surface area contributed by atoms with Gasteiger partial charge in [-0.2, -0.15) is 0 Å². The molecular formula is C16H30N2O3. The van der Waals surface area contributed by atoms with Crippen LogP contribution in [0.1, 0.15) is 59.3 Å². The van der Waals surface area contributed by atoms with Crippen LogP contribution < -0.4 is 5.32 Å². The molecule has 1 aliphatic heterocycles. The molecule has 1 saturated heterocycles. The van der Waals surface area contributed by atoms with Crippen molar-refractivity contribution in [2.45, 2.75) is 83.0 Å². The summed E-state index contributed by atoms with van der Waals surface area (Å²) in [6, 6.07) is 0.889. The van der Waals surface area contributed by atoms with Gasteiger partial charge in [-0.15, -0.1) is 0 Å². The van der Waals surface area contributed by atoms with Crippen molar-refractivity contribution in [3.05, 3.63) is 0 Å². The summed E-state index contributed by atoms with van der Waals surface area (Å²) in [7, 11) is 0. The summed E-state index contributed by atoms with van der Waals surface area (Å²) in [4.78, 5) is 14.3. The highest BCUT2D eigenvalue weighted by Crippen LogP contribution is 2.27. The lowest BCUT2D eigenvalue weighted by Gasteiger charge is -2.41. The predicted molar refractivity (Wildman–Crippen MR) is 82.2 cm³/mol. The van der Waals surface area contributed by atoms with Gasteiger partial charge in [-0.05, 0) is 59.3 Å². The SMILES string of the molecule is CC(C)(C)OC(=O)N1CCCC[C@@H]1[C@@H](CCO)NC1CC1. The number of hydrogen-bond donors (Lipinski definition) is 2. The smallest absolute Gasteiger partial charge is 0.410 e. The summed E-state index contributed by atoms with van der Waals surface area (Å²) < 4.78 is 5.55. The van der Waals surface area contributed by atoms with Gasteiger partial charge in [0.25, 0.3) is 0 Å². The molecule has 0 aromatic carbocycles. The minimum absolute atomic E-state index is 0.140. The van der Waals surface area contributed by atoms with Gasteiger partial charge in [-0.3, -0.25) is 0 Å². The molecule has 0 radical (unpaired) electrons. The number of hydrogen-bond acceptors (Lipinski definition) is 4. The van der Waals surface area contributed by atoms with Gasteiger partial charge in [-0.25, -0.2) is 4.79 Å². The quantitative estimate of drug-likeness (QED) is 0.817. The zero-order chi connectivity index (χ0) is 15.5. The molecule has 2 rings (SSSR count). The monoisotopic (exact) mass is 298 g/mol. The lowest BCUT2D eigenvalue weighted by Crippen LogP contribution is -2.56. The first-order valence-corrected chi connectivity index (χ1v) is 8.27. The Morgan fingerprint density at radius 2 is 2.05 bits per heavy atom. The summed E-state index contributed by atoms with van der Waals surface area (Å²) in [5.41, 5.74) is -0.463. The Bertz CT molecular complexity index is 350. The summed E-state index contributed by atoms with van der Waals surface area (Å²) in [6.45, 7) is 6.61. The number of aliphatic hydroxyl groups is 1. The molecule has 0 spiro atoms. The predicted octanol–water partition coefficient (Wildman–Crippen LogP) is 2.28. The van der Waals surface area contributed by atoms with Crippen molar-refractivity contribution in [2.75, 3.05) is 13.2 Å². The first kappa shape index (κ1) is 16.6. The molecule has 1 amide bonds. The van der Waals surface area contributed by atoms with Gasteiger partial charge < -0.3 is 20.1 Å². The molecule has 2 aliphatic rings. The van der Waals surface area contributed by atoms with Crippen LogP contribution in [-0.4, -0.2) is 53.0 Å². The maximum Gasteiger partial charge on any atom is 0.410 e. The van der Waals surface area contributed by atoms with E-state index in [1.54, 1.807) is 0 Å². The standard InChI is InChI=1S/C16H30N2O3/c1-16(2,3)21-15(20)18-10-5-4-6-14(18)13(9-11-19)17-12-7-8-12/h12-14,17,19H,4-11H2,1-3H3/t13-,14-/m1/s1. The Hall–Kier alpha value is -0.810. The Morgan fingerprint density at radius 1 is 1.33 bits per heavy atom. The molecule has 1 saturated carbocycles. The second-order valence-electron chi connectivity index (χ2n) is 7.30. The lowest BCUT2D eigenvalue weighted by molar-refractivity contribution is 0.00320. The van der Waals surface area contributed by atoms with Crippen LogP contribution in [0.5, 0.6) is 0 Å². The van der Waals surface area contributed by atoms with Crippen molar-refractivity contribution < 1.29 is 14.6 Å². The Labute approximate surface area is 128 Å². The van der Waals surface area contributed by atoms with Crippen LogP contribution >= 0.6 is 0 Å². The molecule has 1 heterocycles. The molecule has 21 heavy (non-hydrogen) atoms. The van der Waals surface area contributed by atoms with Crippen LogP contribution in [0.4, 0.5) is 4.79 Å². The molecule has 5 heteroatoms. The summed E-state index contributed by atoms with van der Waals surface area (Å²) in [6.07, 6.45) is 6.06. The molecule has 0 aromatic heterocycles. The molecule has 122 valence electrons. The Balaban J connectivity index is 2.03. The van der Waals surface area contributed by atoms with E-state index >= 15 is 0 Å². The number of aliphatic hydroxyl groups excluding tert-OH is 1. The van der Waals surface area contributed by atoms with Gasteiger partial charge in [0.15, 0.2) is 0 Å². The van der Waals surface area contributed by atoms with Crippen LogP contribution in [0, 0.1) is 0 Å². The van der Waals surface area contributed by atoms with E-state index in [4.69, 9.17) is 4.74 Å². The number of likely N-dealkylation sites (tertiary alicyclic amines) is 1. The van der Waals surface area contributed by atoms with Crippen molar-refractivity contribution in [2.24, 2.45) is 0 Å². The van der Waals surface area contributed by atoms with E-state index in [9.17, 15) is 9.90 Å². The topological polar surface area (TPSA) is 61.8 Å². The minimum atomic E-state index is -0.463. The third kappa shape index (κ3) is 5.15. The number of ether oxygens (including phenoxy) is 1. The van der Waals surface area contributed by atoms with Crippen LogP contribution in [0.25, 0.3) is 0 Å². The summed E-state index contributed by atoms with van der Waals surface area (Å²) in [5, 5.41) is 12.9. The fraction of sp³-hybridized carbons (Fsp3) is 0.938. The van der Waals surface area contributed by atoms with Crippen LogP contribution in [0.3, 0.4) is 0 Å². The third-order valence-electron chi connectivity index (χ3n) is 4.11. The number of amides is 1. The number of nitrogens with zero attached hydrogens (tertiary/aromatic N) is 1. The van der Waals surface area contributed by atoms with Gasteiger partial charge >= 0.3 is 6.09 Å². The van der Waals surface area contributed by atoms with E-state index in [0.29, 0.717) is 12.5 Å². The average Bonchev–Trinajstić information content (AvgIpc) is 3.20. The third-order valence-corrected chi connectivity index (χ3v) is 4.11. The minimum Gasteiger partial charge on any atom is -0.444 e. The second-order valence-corrected chi connectivity index (χ2v) is 7.30. The summed E-state index contributed by atoms with van der Waals surface area (Å²) >= 11 is 0. The maximum atomic E-state index is 12.4. The van der Waals surface area contributed by atoms with Crippen molar-refractivity contribution >= 4 is 6.09 Å². The Kier molecular flexibility index (Phi) is 5.49. The largest absolute Gasteiger partial charge is 0.444 e. The molecule has 0 unspecified atom stereocenters. The Morgan fingerprint density at radius 3 is 2.62 bits per heavy atom. The van der Waals surface area contributed by atoms with E-state index in [-0.39, 0.29) is 24.8 Å². The fourth-order valence-electron chi connectivity index (χ4n) is 3.00. The average molecular weight is 298 g/mol. The van der Waals surface area contributed by atoms with Crippen molar-refractivity contribution in [3.8, 4) is 0 Å². The van der Waals surface area contributed by atoms with Crippen molar-refractivity contribution in [1.29, 1.82) is 0 Å². The first-order valence-electron chi connectivity index (χ1n) is 8.27. The van der Waals surface area contributed by atoms with Crippen molar-refractivity contribution in [1.82, 2.24) is 10.2 Å². The molecule has 2 fully saturated rings. The van der Waals surface area contributed by atoms with Gasteiger partial charge in [0.05, 0.1) is 6.04 Å². The van der Waals surface area contributed by atoms with Gasteiger partial charge in [0.1, 0.15) is 5.60 Å². The number of rotatable bonds is 5. The zero-order valence-electron chi connectivity index (χ0n) is 13.6. The van der Waals surface area contributed by atoms with Gasteiger partial charge in [-0.1, -0.05) is 0 Å². The molecular weight excluding hydrogens is 268 g/mol.